The third kappa shape index (κ3) is 4.14. The number of amides is 2. The number of hydrogen-bond acceptors (Lipinski definition) is 6. The van der Waals surface area contributed by atoms with Gasteiger partial charge in [-0.25, -0.2) is 14.8 Å². The maximum atomic E-state index is 13.0. The van der Waals surface area contributed by atoms with Crippen LogP contribution in [0.4, 0.5) is 16.4 Å². The minimum absolute atomic E-state index is 0.0111. The van der Waals surface area contributed by atoms with Crippen LogP contribution in [-0.4, -0.2) is 84.7 Å². The van der Waals surface area contributed by atoms with Crippen LogP contribution in [0.1, 0.15) is 38.2 Å². The standard InChI is InChI=1S/C26H37N7O/c1-4-31-14-16-32(17-15-31)23-27-18-22(19-28-23)33-20-25(29-24(33)34)10-12-26(13-11-25,30(2)3)21-8-6-5-7-9-21/h5-9,18-19H,4,10-17,20H2,1-3H3,(H,29,34). The van der Waals surface area contributed by atoms with Crippen molar-refractivity contribution >= 4 is 17.7 Å². The van der Waals surface area contributed by atoms with E-state index >= 15 is 0 Å². The topological polar surface area (TPSA) is 67.8 Å². The van der Waals surface area contributed by atoms with E-state index in [0.29, 0.717) is 6.54 Å². The minimum atomic E-state index is -0.194. The molecule has 1 saturated carbocycles. The Balaban J connectivity index is 1.26. The Labute approximate surface area is 203 Å². The van der Waals surface area contributed by atoms with Crippen molar-refractivity contribution in [3.8, 4) is 0 Å². The Morgan fingerprint density at radius 2 is 1.62 bits per heavy atom. The van der Waals surface area contributed by atoms with E-state index in [4.69, 9.17) is 0 Å². The Kier molecular flexibility index (Phi) is 6.20. The number of urea groups is 1. The van der Waals surface area contributed by atoms with Gasteiger partial charge in [0, 0.05) is 31.7 Å². The average molecular weight is 464 g/mol. The van der Waals surface area contributed by atoms with Crippen molar-refractivity contribution in [2.45, 2.75) is 43.7 Å². The second-order valence-corrected chi connectivity index (χ2v) is 10.3. The number of nitrogens with zero attached hydrogens (tertiary/aromatic N) is 6. The summed E-state index contributed by atoms with van der Waals surface area (Å²) in [5.74, 6) is 0.755. The van der Waals surface area contributed by atoms with Crippen LogP contribution in [-0.2, 0) is 5.54 Å². The number of aromatic nitrogens is 2. The van der Waals surface area contributed by atoms with Crippen molar-refractivity contribution in [3.63, 3.8) is 0 Å². The lowest BCUT2D eigenvalue weighted by Crippen LogP contribution is -2.54. The number of piperazine rings is 1. The zero-order valence-corrected chi connectivity index (χ0v) is 20.7. The SMILES string of the molecule is CCN1CCN(c2ncc(N3CC4(CCC(c5ccccc5)(N(C)C)CC4)NC3=O)cn2)CC1. The van der Waals surface area contributed by atoms with Crippen LogP contribution in [0.15, 0.2) is 42.7 Å². The number of hydrogen-bond donors (Lipinski definition) is 1. The molecule has 1 aliphatic carbocycles. The molecule has 1 aromatic heterocycles. The first-order valence-electron chi connectivity index (χ1n) is 12.6. The molecule has 0 bridgehead atoms. The Morgan fingerprint density at radius 3 is 2.21 bits per heavy atom. The van der Waals surface area contributed by atoms with Gasteiger partial charge in [0.05, 0.1) is 30.2 Å². The molecule has 1 spiro atoms. The van der Waals surface area contributed by atoms with Crippen molar-refractivity contribution < 1.29 is 4.79 Å². The zero-order valence-electron chi connectivity index (χ0n) is 20.7. The molecule has 1 aromatic carbocycles. The van der Waals surface area contributed by atoms with Gasteiger partial charge in [-0.2, -0.15) is 0 Å². The fourth-order valence-electron chi connectivity index (χ4n) is 5.97. The molecular weight excluding hydrogens is 426 g/mol. The molecule has 0 radical (unpaired) electrons. The van der Waals surface area contributed by atoms with Gasteiger partial charge in [-0.05, 0) is 51.9 Å². The number of nitrogens with one attached hydrogen (secondary N) is 1. The van der Waals surface area contributed by atoms with E-state index in [1.807, 2.05) is 17.3 Å². The van der Waals surface area contributed by atoms with Crippen molar-refractivity contribution in [3.05, 3.63) is 48.3 Å². The van der Waals surface area contributed by atoms with Gasteiger partial charge in [0.25, 0.3) is 0 Å². The molecule has 8 heteroatoms. The van der Waals surface area contributed by atoms with Crippen LogP contribution in [0, 0.1) is 0 Å². The van der Waals surface area contributed by atoms with Gasteiger partial charge in [-0.15, -0.1) is 0 Å². The molecule has 2 saturated heterocycles. The van der Waals surface area contributed by atoms with Crippen LogP contribution in [0.25, 0.3) is 0 Å². The summed E-state index contributed by atoms with van der Waals surface area (Å²) in [6.07, 6.45) is 7.54. The molecule has 1 N–H and O–H groups in total. The number of carbonyl (C=O) groups is 1. The van der Waals surface area contributed by atoms with Gasteiger partial charge >= 0.3 is 6.03 Å². The third-order valence-electron chi connectivity index (χ3n) is 8.32. The molecule has 0 atom stereocenters. The molecule has 8 nitrogen and oxygen atoms in total. The molecule has 3 aliphatic rings. The first-order chi connectivity index (χ1) is 16.4. The predicted molar refractivity (Wildman–Crippen MR) is 135 cm³/mol. The highest BCUT2D eigenvalue weighted by Gasteiger charge is 2.50. The highest BCUT2D eigenvalue weighted by atomic mass is 16.2. The predicted octanol–water partition coefficient (Wildman–Crippen LogP) is 2.92. The zero-order chi connectivity index (χ0) is 23.8. The summed E-state index contributed by atoms with van der Waals surface area (Å²) < 4.78 is 0. The molecule has 2 aliphatic heterocycles. The van der Waals surface area contributed by atoms with Crippen LogP contribution in [0.5, 0.6) is 0 Å². The number of likely N-dealkylation sites (N-methyl/N-ethyl adjacent to an activating group) is 1. The van der Waals surface area contributed by atoms with Crippen molar-refractivity contribution in [2.24, 2.45) is 0 Å². The minimum Gasteiger partial charge on any atom is -0.338 e. The molecule has 3 heterocycles. The second-order valence-electron chi connectivity index (χ2n) is 10.3. The monoisotopic (exact) mass is 463 g/mol. The largest absolute Gasteiger partial charge is 0.338 e. The maximum absolute atomic E-state index is 13.0. The average Bonchev–Trinajstić information content (AvgIpc) is 3.20. The van der Waals surface area contributed by atoms with Crippen molar-refractivity contribution in [2.75, 3.05) is 63.2 Å². The van der Waals surface area contributed by atoms with Gasteiger partial charge in [-0.1, -0.05) is 37.3 Å². The molecule has 3 fully saturated rings. The molecule has 5 rings (SSSR count). The van der Waals surface area contributed by atoms with E-state index in [1.54, 1.807) is 0 Å². The van der Waals surface area contributed by atoms with E-state index in [1.165, 1.54) is 5.56 Å². The van der Waals surface area contributed by atoms with E-state index in [9.17, 15) is 4.79 Å². The summed E-state index contributed by atoms with van der Waals surface area (Å²) in [7, 11) is 4.34. The summed E-state index contributed by atoms with van der Waals surface area (Å²) in [5, 5.41) is 3.33. The van der Waals surface area contributed by atoms with Gasteiger partial charge in [-0.3, -0.25) is 9.80 Å². The number of carbonyl (C=O) groups excluding carboxylic acids is 1. The summed E-state index contributed by atoms with van der Waals surface area (Å²) >= 11 is 0. The molecule has 182 valence electrons. The summed E-state index contributed by atoms with van der Waals surface area (Å²) in [5.41, 5.74) is 1.95. The highest BCUT2D eigenvalue weighted by molar-refractivity contribution is 5.95. The van der Waals surface area contributed by atoms with Crippen LogP contribution in [0.3, 0.4) is 0 Å². The molecule has 2 amide bonds. The maximum Gasteiger partial charge on any atom is 0.322 e. The first-order valence-corrected chi connectivity index (χ1v) is 12.6. The Hall–Kier alpha value is -2.71. The van der Waals surface area contributed by atoms with Crippen LogP contribution < -0.4 is 15.1 Å². The van der Waals surface area contributed by atoms with E-state index in [0.717, 1.165) is 70.0 Å². The van der Waals surface area contributed by atoms with E-state index in [2.05, 4.69) is 81.3 Å². The van der Waals surface area contributed by atoms with Crippen molar-refractivity contribution in [1.82, 2.24) is 25.1 Å². The number of benzene rings is 1. The van der Waals surface area contributed by atoms with Gasteiger partial charge < -0.3 is 15.1 Å². The highest BCUT2D eigenvalue weighted by Crippen LogP contribution is 2.46. The van der Waals surface area contributed by atoms with Gasteiger partial charge in [0.1, 0.15) is 0 Å². The fourth-order valence-corrected chi connectivity index (χ4v) is 5.97. The summed E-state index contributed by atoms with van der Waals surface area (Å²) in [6, 6.07) is 10.8. The van der Waals surface area contributed by atoms with Crippen LogP contribution >= 0.6 is 0 Å². The lowest BCUT2D eigenvalue weighted by atomic mass is 9.69. The number of rotatable bonds is 5. The summed E-state index contributed by atoms with van der Waals surface area (Å²) in [6.45, 7) is 7.91. The normalized spacial score (nSPS) is 28.1. The number of anilines is 2. The van der Waals surface area contributed by atoms with E-state index < -0.39 is 0 Å². The molecule has 2 aromatic rings. The lowest BCUT2D eigenvalue weighted by molar-refractivity contribution is 0.0658. The lowest BCUT2D eigenvalue weighted by Gasteiger charge is -2.48. The second kappa shape index (κ2) is 9.15. The Bertz CT molecular complexity index is 978. The third-order valence-corrected chi connectivity index (χ3v) is 8.32. The van der Waals surface area contributed by atoms with Crippen molar-refractivity contribution in [1.29, 1.82) is 0 Å². The molecule has 34 heavy (non-hydrogen) atoms. The molecule has 0 unspecified atom stereocenters. The molecular formula is C26H37N7O. The fraction of sp³-hybridized carbons (Fsp3) is 0.577. The van der Waals surface area contributed by atoms with Gasteiger partial charge in [0.15, 0.2) is 0 Å². The summed E-state index contributed by atoms with van der Waals surface area (Å²) in [4.78, 5) is 31.1. The smallest absolute Gasteiger partial charge is 0.322 e. The van der Waals surface area contributed by atoms with E-state index in [-0.39, 0.29) is 17.1 Å². The Morgan fingerprint density at radius 1 is 0.971 bits per heavy atom. The first kappa shape index (κ1) is 23.1. The van der Waals surface area contributed by atoms with Crippen LogP contribution in [0.2, 0.25) is 0 Å². The van der Waals surface area contributed by atoms with Gasteiger partial charge in [0.2, 0.25) is 5.95 Å². The quantitative estimate of drug-likeness (QED) is 0.736.